The lowest BCUT2D eigenvalue weighted by molar-refractivity contribution is -0.157. The molecule has 89 heavy (non-hydrogen) atoms. The van der Waals surface area contributed by atoms with Crippen molar-refractivity contribution in [3.05, 3.63) is 12.2 Å². The van der Waals surface area contributed by atoms with Gasteiger partial charge in [-0.15, -0.1) is 0 Å². The smallest absolute Gasteiger partial charge is 0.303 e. The second-order valence-electron chi connectivity index (χ2n) is 27.6. The number of carboxylic acid groups (broad SMARTS) is 1. The van der Waals surface area contributed by atoms with Crippen LogP contribution in [-0.2, 0) is 57.5 Å². The standard InChI is InChI=1S/C66H115N9O14/c1-24-46-35-52(77)57(58(81)43(14)28-26-25-27-29-54(79)80)75(23)66(89)56(42(12)13)74(22)64(87)50(33-40(8)9)73(21)63(86)49(32-39(6)7)72(20)61(84)44(15)34-51(76)45(16)67-59(82)48(31-38(4)5)71(19)65(88)55(41(10)11)68-60(83)47(30-37(2)3)70(18)53(78)36-69(17)62(46)85/h25-26,37-50,55-58,81H,24,27-36H2,1-23H3,(H,67,82)(H,68,83)(H,79,80)/b26-25+/t43-,44+,45+,46-,47+,48+,49+,50+,55+,56+,57-,58-/m1/s1. The first-order valence-corrected chi connectivity index (χ1v) is 32.1. The molecule has 1 saturated heterocycles. The van der Waals surface area contributed by atoms with Gasteiger partial charge in [-0.1, -0.05) is 116 Å². The Labute approximate surface area is 532 Å². The van der Waals surface area contributed by atoms with Gasteiger partial charge in [-0.3, -0.25) is 57.5 Å². The molecule has 0 saturated carbocycles. The zero-order valence-electron chi connectivity index (χ0n) is 58.2. The number of aliphatic carboxylic acids is 1. The van der Waals surface area contributed by atoms with Crippen molar-refractivity contribution in [3.8, 4) is 0 Å². The van der Waals surface area contributed by atoms with Gasteiger partial charge in [0, 0.05) is 80.4 Å². The Bertz CT molecular complexity index is 2460. The molecular formula is C66H115N9O14. The first-order chi connectivity index (χ1) is 41.1. The van der Waals surface area contributed by atoms with E-state index in [1.165, 1.54) is 80.8 Å². The Kier molecular flexibility index (Phi) is 33.7. The fourth-order valence-corrected chi connectivity index (χ4v) is 11.5. The Balaban J connectivity index is 4.35. The minimum atomic E-state index is -1.59. The van der Waals surface area contributed by atoms with E-state index in [2.05, 4.69) is 10.6 Å². The molecule has 1 fully saturated rings. The summed E-state index contributed by atoms with van der Waals surface area (Å²) in [5.41, 5.74) is 0. The molecular weight excluding hydrogens is 1140 g/mol. The summed E-state index contributed by atoms with van der Waals surface area (Å²) in [5.74, 6) is -12.3. The van der Waals surface area contributed by atoms with Gasteiger partial charge in [0.2, 0.25) is 53.2 Å². The van der Waals surface area contributed by atoms with Crippen LogP contribution in [0.15, 0.2) is 12.2 Å². The van der Waals surface area contributed by atoms with Crippen LogP contribution in [0.4, 0.5) is 0 Å². The molecule has 0 aliphatic carbocycles. The van der Waals surface area contributed by atoms with Crippen molar-refractivity contribution < 1.29 is 67.7 Å². The topological polar surface area (TPSA) is 292 Å². The third-order valence-electron chi connectivity index (χ3n) is 17.1. The van der Waals surface area contributed by atoms with Gasteiger partial charge in [-0.05, 0) is 93.3 Å². The number of carbonyl (C=O) groups is 12. The Morgan fingerprint density at radius 3 is 1.42 bits per heavy atom. The molecule has 0 aromatic carbocycles. The van der Waals surface area contributed by atoms with Crippen molar-refractivity contribution in [3.63, 3.8) is 0 Å². The number of carboxylic acids is 1. The van der Waals surface area contributed by atoms with Crippen molar-refractivity contribution in [2.24, 2.45) is 53.3 Å². The highest BCUT2D eigenvalue weighted by molar-refractivity contribution is 5.99. The molecule has 23 nitrogen and oxygen atoms in total. The second kappa shape index (κ2) is 37.2. The average Bonchev–Trinajstić information content (AvgIpc) is 0.957. The van der Waals surface area contributed by atoms with Gasteiger partial charge in [-0.2, -0.15) is 0 Å². The average molecular weight is 1260 g/mol. The fraction of sp³-hybridized carbons (Fsp3) is 0.788. The maximum absolute atomic E-state index is 15.3. The largest absolute Gasteiger partial charge is 0.481 e. The molecule has 1 heterocycles. The summed E-state index contributed by atoms with van der Waals surface area (Å²) >= 11 is 0. The van der Waals surface area contributed by atoms with Crippen molar-refractivity contribution in [2.45, 2.75) is 229 Å². The van der Waals surface area contributed by atoms with E-state index in [9.17, 15) is 48.6 Å². The highest BCUT2D eigenvalue weighted by Crippen LogP contribution is 2.28. The van der Waals surface area contributed by atoms with Crippen LogP contribution in [0.25, 0.3) is 0 Å². The van der Waals surface area contributed by atoms with E-state index in [-0.39, 0.29) is 81.5 Å². The molecule has 508 valence electrons. The van der Waals surface area contributed by atoms with E-state index >= 15 is 19.2 Å². The summed E-state index contributed by atoms with van der Waals surface area (Å²) in [4.78, 5) is 181. The number of ketones is 2. The number of nitrogens with zero attached hydrogens (tertiary/aromatic N) is 7. The summed E-state index contributed by atoms with van der Waals surface area (Å²) in [6.45, 7) is 27.7. The number of aliphatic hydroxyl groups is 1. The molecule has 0 aromatic heterocycles. The van der Waals surface area contributed by atoms with Crippen LogP contribution in [0.3, 0.4) is 0 Å². The predicted octanol–water partition coefficient (Wildman–Crippen LogP) is 5.30. The number of nitrogens with one attached hydrogen (secondary N) is 2. The number of allylic oxidation sites excluding steroid dienone is 2. The fourth-order valence-electron chi connectivity index (χ4n) is 11.5. The van der Waals surface area contributed by atoms with E-state index in [0.29, 0.717) is 0 Å². The monoisotopic (exact) mass is 1260 g/mol. The molecule has 12 atom stereocenters. The summed E-state index contributed by atoms with van der Waals surface area (Å²) < 4.78 is 0. The summed E-state index contributed by atoms with van der Waals surface area (Å²) in [6.07, 6.45) is 1.89. The van der Waals surface area contributed by atoms with E-state index in [4.69, 9.17) is 0 Å². The van der Waals surface area contributed by atoms with Gasteiger partial charge in [0.15, 0.2) is 11.6 Å². The van der Waals surface area contributed by atoms with Crippen molar-refractivity contribution in [1.82, 2.24) is 44.9 Å². The Morgan fingerprint density at radius 2 is 0.955 bits per heavy atom. The SMILES string of the molecule is CC[C@@H]1CC(=O)[C@H]([C@H](O)[C@H](C)C/C=C/CCC(=O)O)N(C)C(=O)[C@H](C(C)C)N(C)C(=O)[C@H](CC(C)C)N(C)C(=O)[C@H](CC(C)C)N(C)C(=O)[C@@H](C)CC(=O)[C@H](C)NC(=O)[C@H](CC(C)C)N(C)C(=O)[C@H](C(C)C)NC(=O)[C@H](CC(C)C)N(C)C(=O)CN(C)C1=O. The van der Waals surface area contributed by atoms with Gasteiger partial charge in [0.1, 0.15) is 42.3 Å². The van der Waals surface area contributed by atoms with Crippen LogP contribution in [0.5, 0.6) is 0 Å². The molecule has 0 spiro atoms. The molecule has 23 heteroatoms. The molecule has 0 bridgehead atoms. The molecule has 1 rings (SSSR count). The van der Waals surface area contributed by atoms with E-state index < -0.39 is 168 Å². The normalized spacial score (nSPS) is 26.4. The third-order valence-corrected chi connectivity index (χ3v) is 17.1. The van der Waals surface area contributed by atoms with Gasteiger partial charge >= 0.3 is 5.97 Å². The highest BCUT2D eigenvalue weighted by Gasteiger charge is 2.45. The number of rotatable bonds is 18. The number of aliphatic hydroxyl groups excluding tert-OH is 1. The van der Waals surface area contributed by atoms with Crippen molar-refractivity contribution in [2.75, 3.05) is 55.9 Å². The zero-order chi connectivity index (χ0) is 69.0. The summed E-state index contributed by atoms with van der Waals surface area (Å²) in [7, 11) is 9.96. The Morgan fingerprint density at radius 1 is 0.517 bits per heavy atom. The van der Waals surface area contributed by atoms with Crippen LogP contribution in [0.2, 0.25) is 0 Å². The summed E-state index contributed by atoms with van der Waals surface area (Å²) in [6, 6.07) is -9.73. The molecule has 1 aliphatic rings. The maximum Gasteiger partial charge on any atom is 0.303 e. The van der Waals surface area contributed by atoms with Crippen LogP contribution in [0.1, 0.15) is 175 Å². The minimum Gasteiger partial charge on any atom is -0.481 e. The number of hydrogen-bond donors (Lipinski definition) is 4. The van der Waals surface area contributed by atoms with Crippen LogP contribution >= 0.6 is 0 Å². The molecule has 0 aromatic rings. The number of amides is 9. The van der Waals surface area contributed by atoms with Crippen LogP contribution in [0, 0.1) is 53.3 Å². The molecule has 9 amide bonds. The van der Waals surface area contributed by atoms with Gasteiger partial charge in [0.25, 0.3) is 0 Å². The second-order valence-corrected chi connectivity index (χ2v) is 27.6. The van der Waals surface area contributed by atoms with E-state index in [1.54, 1.807) is 60.6 Å². The quantitative estimate of drug-likeness (QED) is 0.127. The Hall–Kier alpha value is -6.26. The lowest BCUT2D eigenvalue weighted by Gasteiger charge is -2.41. The zero-order valence-corrected chi connectivity index (χ0v) is 58.2. The molecule has 4 N–H and O–H groups in total. The van der Waals surface area contributed by atoms with Crippen LogP contribution in [-0.4, -0.2) is 226 Å². The minimum absolute atomic E-state index is 0.0892. The molecule has 0 unspecified atom stereocenters. The third kappa shape index (κ3) is 23.8. The van der Waals surface area contributed by atoms with E-state index in [1.807, 2.05) is 55.4 Å². The molecule has 1 aliphatic heterocycles. The maximum atomic E-state index is 15.3. The number of likely N-dealkylation sites (N-methyl/N-ethyl adjacent to an activating group) is 7. The molecule has 0 radical (unpaired) electrons. The van der Waals surface area contributed by atoms with Gasteiger partial charge in [0.05, 0.1) is 18.7 Å². The first-order valence-electron chi connectivity index (χ1n) is 32.1. The summed E-state index contributed by atoms with van der Waals surface area (Å²) in [5, 5.41) is 27.1. The van der Waals surface area contributed by atoms with Crippen molar-refractivity contribution in [1.29, 1.82) is 0 Å². The number of Topliss-reactive ketones (excluding diaryl/α,β-unsaturated/α-hetero) is 2. The van der Waals surface area contributed by atoms with E-state index in [0.717, 1.165) is 9.80 Å². The predicted molar refractivity (Wildman–Crippen MR) is 342 cm³/mol. The number of carbonyl (C=O) groups excluding carboxylic acids is 11. The van der Waals surface area contributed by atoms with Crippen molar-refractivity contribution >= 4 is 70.7 Å². The highest BCUT2D eigenvalue weighted by atomic mass is 16.4. The van der Waals surface area contributed by atoms with Crippen LogP contribution < -0.4 is 10.6 Å². The lowest BCUT2D eigenvalue weighted by Crippen LogP contribution is -2.61. The number of hydrogen-bond acceptors (Lipinski definition) is 13. The first kappa shape index (κ1) is 80.8. The van der Waals surface area contributed by atoms with Gasteiger partial charge < -0.3 is 55.1 Å². The van der Waals surface area contributed by atoms with Gasteiger partial charge in [-0.25, -0.2) is 0 Å². The lowest BCUT2D eigenvalue weighted by atomic mass is 9.86.